The lowest BCUT2D eigenvalue weighted by molar-refractivity contribution is -0.726. The molecule has 2 saturated heterocycles. The maximum Gasteiger partial charge on any atom is 0.243 e. The van der Waals surface area contributed by atoms with Crippen molar-refractivity contribution in [1.29, 1.82) is 0 Å². The Bertz CT molecular complexity index is 1660. The summed E-state index contributed by atoms with van der Waals surface area (Å²) in [6, 6.07) is 24.9. The van der Waals surface area contributed by atoms with Crippen molar-refractivity contribution in [1.82, 2.24) is 4.57 Å². The Morgan fingerprint density at radius 1 is 0.449 bits per heavy atom. The van der Waals surface area contributed by atoms with Gasteiger partial charge in [0.05, 0.1) is 35.8 Å². The predicted molar refractivity (Wildman–Crippen MR) is 191 cm³/mol. The smallest absolute Gasteiger partial charge is 0.243 e. The summed E-state index contributed by atoms with van der Waals surface area (Å²) in [6.07, 6.45) is 22.1. The van der Waals surface area contributed by atoms with Gasteiger partial charge in [0.25, 0.3) is 0 Å². The summed E-state index contributed by atoms with van der Waals surface area (Å²) in [4.78, 5) is 4.86. The van der Waals surface area contributed by atoms with Crippen LogP contribution in [-0.2, 0) is 26.2 Å². The summed E-state index contributed by atoms with van der Waals surface area (Å²) in [7, 11) is 0. The van der Waals surface area contributed by atoms with Gasteiger partial charge in [0.2, 0.25) is 6.33 Å². The highest BCUT2D eigenvalue weighted by Crippen LogP contribution is 2.26. The number of pyridine rings is 2. The number of nitrogens with zero attached hydrogens (tertiary/aromatic N) is 10. The van der Waals surface area contributed by atoms with Gasteiger partial charge in [-0.2, -0.15) is 20.5 Å². The van der Waals surface area contributed by atoms with Gasteiger partial charge in [-0.25, -0.2) is 18.3 Å². The Kier molecular flexibility index (Phi) is 10.7. The van der Waals surface area contributed by atoms with Gasteiger partial charge < -0.3 is 9.80 Å². The highest BCUT2D eigenvalue weighted by atomic mass is 15.2. The second-order valence-corrected chi connectivity index (χ2v) is 13.0. The minimum atomic E-state index is 0.861. The fourth-order valence-electron chi connectivity index (χ4n) is 6.55. The minimum Gasteiger partial charge on any atom is -0.372 e. The lowest BCUT2D eigenvalue weighted by atomic mass is 10.2. The number of azo groups is 2. The summed E-state index contributed by atoms with van der Waals surface area (Å²) >= 11 is 0. The zero-order chi connectivity index (χ0) is 33.1. The molecular formula is C39H47N10+3. The first-order valence-corrected chi connectivity index (χ1v) is 17.8. The summed E-state index contributed by atoms with van der Waals surface area (Å²) < 4.78 is 8.95. The van der Waals surface area contributed by atoms with Crippen LogP contribution in [0.25, 0.3) is 0 Å². The van der Waals surface area contributed by atoms with E-state index in [9.17, 15) is 0 Å². The van der Waals surface area contributed by atoms with E-state index in [2.05, 4.69) is 116 Å². The molecule has 10 nitrogen and oxygen atoms in total. The molecule has 0 radical (unpaired) electrons. The van der Waals surface area contributed by atoms with Crippen molar-refractivity contribution >= 4 is 34.1 Å². The molecule has 10 heteroatoms. The second kappa shape index (κ2) is 16.2. The summed E-state index contributed by atoms with van der Waals surface area (Å²) in [5.74, 6) is 0. The van der Waals surface area contributed by atoms with E-state index in [0.29, 0.717) is 0 Å². The average molecular weight is 656 g/mol. The third-order valence-corrected chi connectivity index (χ3v) is 9.36. The maximum absolute atomic E-state index is 4.43. The molecule has 0 saturated carbocycles. The van der Waals surface area contributed by atoms with E-state index in [1.807, 2.05) is 48.5 Å². The molecule has 3 aromatic heterocycles. The molecule has 5 aromatic rings. The Labute approximate surface area is 289 Å². The van der Waals surface area contributed by atoms with Gasteiger partial charge in [-0.15, -0.1) is 0 Å². The van der Waals surface area contributed by atoms with Crippen LogP contribution in [0.5, 0.6) is 0 Å². The number of hydrogen-bond donors (Lipinski definition) is 0. The van der Waals surface area contributed by atoms with Gasteiger partial charge in [0.15, 0.2) is 37.9 Å². The highest BCUT2D eigenvalue weighted by molar-refractivity contribution is 5.54. The molecule has 0 aliphatic carbocycles. The van der Waals surface area contributed by atoms with Gasteiger partial charge in [-0.05, 0) is 74.2 Å². The molecule has 7 rings (SSSR count). The average Bonchev–Trinajstić information content (AvgIpc) is 3.96. The minimum absolute atomic E-state index is 0.861. The zero-order valence-corrected chi connectivity index (χ0v) is 28.3. The van der Waals surface area contributed by atoms with Gasteiger partial charge in [0, 0.05) is 74.7 Å². The number of imidazole rings is 1. The van der Waals surface area contributed by atoms with E-state index in [1.54, 1.807) is 0 Å². The maximum atomic E-state index is 4.43. The van der Waals surface area contributed by atoms with Crippen LogP contribution in [0.2, 0.25) is 0 Å². The van der Waals surface area contributed by atoms with Gasteiger partial charge in [-0.1, -0.05) is 0 Å². The molecule has 2 aliphatic rings. The Hall–Kier alpha value is -5.25. The molecule has 0 unspecified atom stereocenters. The first-order valence-electron chi connectivity index (χ1n) is 17.8. The molecule has 0 atom stereocenters. The largest absolute Gasteiger partial charge is 0.372 e. The number of anilines is 2. The van der Waals surface area contributed by atoms with Crippen LogP contribution >= 0.6 is 0 Å². The third-order valence-electron chi connectivity index (χ3n) is 9.36. The molecule has 2 fully saturated rings. The van der Waals surface area contributed by atoms with Crippen LogP contribution in [0.4, 0.5) is 34.1 Å². The lowest BCUT2D eigenvalue weighted by Gasteiger charge is -2.17. The Morgan fingerprint density at radius 2 is 0.857 bits per heavy atom. The molecule has 2 aliphatic heterocycles. The number of aryl methyl sites for hydroxylation is 4. The van der Waals surface area contributed by atoms with Crippen molar-refractivity contribution in [2.75, 3.05) is 36.0 Å². The normalized spacial score (nSPS) is 14.9. The van der Waals surface area contributed by atoms with Crippen molar-refractivity contribution < 1.29 is 13.7 Å². The van der Waals surface area contributed by atoms with Crippen molar-refractivity contribution in [2.45, 2.75) is 64.7 Å². The van der Waals surface area contributed by atoms with E-state index in [1.165, 1.54) is 37.1 Å². The molecule has 49 heavy (non-hydrogen) atoms. The molecule has 250 valence electrons. The van der Waals surface area contributed by atoms with E-state index in [0.717, 1.165) is 87.9 Å². The lowest BCUT2D eigenvalue weighted by Crippen LogP contribution is -2.37. The molecule has 2 aromatic carbocycles. The first-order chi connectivity index (χ1) is 24.2. The van der Waals surface area contributed by atoms with Gasteiger partial charge in [0.1, 0.15) is 12.4 Å². The van der Waals surface area contributed by atoms with Crippen LogP contribution in [0.1, 0.15) is 38.5 Å². The predicted octanol–water partition coefficient (Wildman–Crippen LogP) is 7.56. The number of rotatable bonds is 14. The quantitative estimate of drug-likeness (QED) is 0.0915. The summed E-state index contributed by atoms with van der Waals surface area (Å²) in [5, 5.41) is 17.7. The fraction of sp³-hybridized carbons (Fsp3) is 0.359. The summed E-state index contributed by atoms with van der Waals surface area (Å²) in [6.45, 7) is 8.45. The second-order valence-electron chi connectivity index (χ2n) is 13.0. The van der Waals surface area contributed by atoms with Gasteiger partial charge >= 0.3 is 0 Å². The molecule has 0 N–H and O–H groups in total. The van der Waals surface area contributed by atoms with E-state index in [-0.39, 0.29) is 0 Å². The molecule has 0 amide bonds. The van der Waals surface area contributed by atoms with Crippen LogP contribution in [0, 0.1) is 0 Å². The standard InChI is InChI=1S/C39H47N10/c1-2-24-48(23-1)38-11-7-34(8-12-38)40-42-36-15-27-44(28-16-36)19-5-21-46-31-32-47(33-46)22-6-20-45-29-17-37(18-30-45)43-41-35-9-13-39(14-10-35)49-25-3-4-26-49/h7-18,27-33H,1-6,19-26H2/q+3. The van der Waals surface area contributed by atoms with Crippen molar-refractivity contribution in [3.8, 4) is 0 Å². The monoisotopic (exact) mass is 655 g/mol. The van der Waals surface area contributed by atoms with Crippen LogP contribution in [-0.4, -0.2) is 30.7 Å². The highest BCUT2D eigenvalue weighted by Gasteiger charge is 2.13. The molecule has 5 heterocycles. The van der Waals surface area contributed by atoms with Crippen molar-refractivity contribution in [3.05, 3.63) is 116 Å². The van der Waals surface area contributed by atoms with Crippen LogP contribution in [0.15, 0.2) is 137 Å². The van der Waals surface area contributed by atoms with Crippen molar-refractivity contribution in [2.24, 2.45) is 20.5 Å². The molecular weight excluding hydrogens is 608 g/mol. The third kappa shape index (κ3) is 9.22. The number of benzene rings is 2. The van der Waals surface area contributed by atoms with E-state index < -0.39 is 0 Å². The van der Waals surface area contributed by atoms with Gasteiger partial charge in [-0.3, -0.25) is 0 Å². The summed E-state index contributed by atoms with van der Waals surface area (Å²) in [5.41, 5.74) is 6.03. The van der Waals surface area contributed by atoms with Crippen LogP contribution in [0.3, 0.4) is 0 Å². The SMILES string of the molecule is c1cc(N2CCCC2)ccc1/N=N\c1cc[n+](CCCn2cc[n+](CCC[n+]3ccc(/N=N\c4ccc(N5CCCC5)cc4)cc3)c2)cc1. The molecule has 0 bridgehead atoms. The van der Waals surface area contributed by atoms with E-state index in [4.69, 9.17) is 0 Å². The van der Waals surface area contributed by atoms with Crippen LogP contribution < -0.4 is 23.5 Å². The molecule has 0 spiro atoms. The van der Waals surface area contributed by atoms with Crippen molar-refractivity contribution in [3.63, 3.8) is 0 Å². The zero-order valence-electron chi connectivity index (χ0n) is 28.3. The van der Waals surface area contributed by atoms with E-state index >= 15 is 0 Å². The first kappa shape index (κ1) is 32.3. The topological polar surface area (TPSA) is 72.5 Å². The Balaban J connectivity index is 0.795. The number of aromatic nitrogens is 4. The fourth-order valence-corrected chi connectivity index (χ4v) is 6.55. The number of hydrogen-bond acceptors (Lipinski definition) is 6. The Morgan fingerprint density at radius 3 is 1.33 bits per heavy atom.